The van der Waals surface area contributed by atoms with Gasteiger partial charge in [-0.15, -0.1) is 0 Å². The van der Waals surface area contributed by atoms with Crippen LogP contribution in [0.15, 0.2) is 36.5 Å². The molecular weight excluding hydrogens is 375 g/mol. The maximum Gasteiger partial charge on any atom is 0.315 e. The third kappa shape index (κ3) is 5.56. The van der Waals surface area contributed by atoms with Crippen LogP contribution in [0.25, 0.3) is 0 Å². The molecule has 8 nitrogen and oxygen atoms in total. The molecule has 1 aromatic carbocycles. The number of amides is 2. The first kappa shape index (κ1) is 20.4. The maximum absolute atomic E-state index is 13.6. The number of morpholine rings is 1. The highest BCUT2D eigenvalue weighted by molar-refractivity contribution is 5.74. The van der Waals surface area contributed by atoms with E-state index in [1.807, 2.05) is 18.2 Å². The van der Waals surface area contributed by atoms with Gasteiger partial charge in [0.05, 0.1) is 18.9 Å². The molecule has 152 valence electrons. The van der Waals surface area contributed by atoms with Gasteiger partial charge in [0.2, 0.25) is 0 Å². The van der Waals surface area contributed by atoms with E-state index < -0.39 is 5.82 Å². The fourth-order valence-corrected chi connectivity index (χ4v) is 3.02. The smallest absolute Gasteiger partial charge is 0.315 e. The summed E-state index contributed by atoms with van der Waals surface area (Å²) in [4.78, 5) is 18.7. The number of carbonyl (C=O) groups is 1. The van der Waals surface area contributed by atoms with E-state index in [-0.39, 0.29) is 11.6 Å². The molecule has 0 radical (unpaired) electrons. The molecule has 0 aliphatic carbocycles. The van der Waals surface area contributed by atoms with Crippen LogP contribution in [0.4, 0.5) is 20.7 Å². The summed E-state index contributed by atoms with van der Waals surface area (Å²) >= 11 is 0. The number of anilines is 2. The van der Waals surface area contributed by atoms with Crippen LogP contribution in [0.2, 0.25) is 0 Å². The summed E-state index contributed by atoms with van der Waals surface area (Å²) in [7, 11) is 0. The summed E-state index contributed by atoms with van der Waals surface area (Å²) in [6.07, 6.45) is 1.74. The Hall–Kier alpha value is -3.38. The average Bonchev–Trinajstić information content (AvgIpc) is 2.76. The van der Waals surface area contributed by atoms with Crippen molar-refractivity contribution in [3.63, 3.8) is 0 Å². The molecule has 0 unspecified atom stereocenters. The minimum absolute atomic E-state index is 0.0378. The van der Waals surface area contributed by atoms with E-state index >= 15 is 0 Å². The first-order valence-electron chi connectivity index (χ1n) is 9.40. The van der Waals surface area contributed by atoms with Crippen molar-refractivity contribution in [2.24, 2.45) is 0 Å². The highest BCUT2D eigenvalue weighted by atomic mass is 19.1. The van der Waals surface area contributed by atoms with Gasteiger partial charge in [-0.3, -0.25) is 0 Å². The normalized spacial score (nSPS) is 13.4. The van der Waals surface area contributed by atoms with Gasteiger partial charge in [-0.1, -0.05) is 12.1 Å². The third-order valence-corrected chi connectivity index (χ3v) is 4.47. The second-order valence-electron chi connectivity index (χ2n) is 6.40. The van der Waals surface area contributed by atoms with E-state index in [0.717, 1.165) is 24.5 Å². The van der Waals surface area contributed by atoms with E-state index in [1.165, 1.54) is 12.1 Å². The van der Waals surface area contributed by atoms with Crippen LogP contribution in [0.1, 0.15) is 11.1 Å². The van der Waals surface area contributed by atoms with Crippen LogP contribution in [-0.4, -0.2) is 50.4 Å². The van der Waals surface area contributed by atoms with Crippen LogP contribution in [-0.2, 0) is 11.3 Å². The molecule has 1 aliphatic rings. The lowest BCUT2D eigenvalue weighted by atomic mass is 10.2. The van der Waals surface area contributed by atoms with Crippen molar-refractivity contribution in [3.8, 4) is 6.07 Å². The molecule has 2 amide bonds. The van der Waals surface area contributed by atoms with Gasteiger partial charge in [0.15, 0.2) is 0 Å². The SMILES string of the molecule is N#Cc1c(F)cccc1NCCNC(=O)NCc1cccnc1N1CCOCC1. The van der Waals surface area contributed by atoms with Crippen molar-refractivity contribution < 1.29 is 13.9 Å². The van der Waals surface area contributed by atoms with E-state index in [9.17, 15) is 9.18 Å². The Labute approximate surface area is 168 Å². The number of ether oxygens (including phenoxy) is 1. The second kappa shape index (κ2) is 10.2. The molecule has 0 spiro atoms. The van der Waals surface area contributed by atoms with Crippen LogP contribution < -0.4 is 20.9 Å². The molecule has 0 atom stereocenters. The Balaban J connectivity index is 1.44. The number of aromatic nitrogens is 1. The highest BCUT2D eigenvalue weighted by Gasteiger charge is 2.16. The number of hydrogen-bond acceptors (Lipinski definition) is 6. The fourth-order valence-electron chi connectivity index (χ4n) is 3.02. The van der Waals surface area contributed by atoms with E-state index in [4.69, 9.17) is 10.00 Å². The van der Waals surface area contributed by atoms with Gasteiger partial charge in [-0.25, -0.2) is 14.2 Å². The number of nitrogens with one attached hydrogen (secondary N) is 3. The van der Waals surface area contributed by atoms with Crippen molar-refractivity contribution in [1.29, 1.82) is 5.26 Å². The Morgan fingerprint density at radius 2 is 2.03 bits per heavy atom. The molecule has 9 heteroatoms. The van der Waals surface area contributed by atoms with Gasteiger partial charge in [0.25, 0.3) is 0 Å². The van der Waals surface area contributed by atoms with Crippen LogP contribution in [0.3, 0.4) is 0 Å². The quantitative estimate of drug-likeness (QED) is 0.615. The van der Waals surface area contributed by atoms with Crippen molar-refractivity contribution in [2.45, 2.75) is 6.54 Å². The predicted octanol–water partition coefficient (Wildman–Crippen LogP) is 1.84. The van der Waals surface area contributed by atoms with Crippen LogP contribution in [0, 0.1) is 17.1 Å². The number of halogens is 1. The number of nitrogens with zero attached hydrogens (tertiary/aromatic N) is 3. The molecule has 2 aromatic rings. The van der Waals surface area contributed by atoms with Crippen molar-refractivity contribution in [1.82, 2.24) is 15.6 Å². The summed E-state index contributed by atoms with van der Waals surface area (Å²) in [6, 6.07) is 9.68. The lowest BCUT2D eigenvalue weighted by Gasteiger charge is -2.29. The number of rotatable bonds is 7. The summed E-state index contributed by atoms with van der Waals surface area (Å²) in [6.45, 7) is 3.89. The van der Waals surface area contributed by atoms with Gasteiger partial charge in [-0.2, -0.15) is 5.26 Å². The molecule has 1 aromatic heterocycles. The standard InChI is InChI=1S/C20H23FN6O2/c21-17-4-1-5-18(16(17)13-22)23-7-8-25-20(28)26-14-15-3-2-6-24-19(15)27-9-11-29-12-10-27/h1-6,23H,7-12,14H2,(H2,25,26,28). The predicted molar refractivity (Wildman–Crippen MR) is 107 cm³/mol. The van der Waals surface area contributed by atoms with Gasteiger partial charge < -0.3 is 25.6 Å². The molecule has 0 bridgehead atoms. The highest BCUT2D eigenvalue weighted by Crippen LogP contribution is 2.18. The number of urea groups is 1. The van der Waals surface area contributed by atoms with E-state index in [1.54, 1.807) is 12.3 Å². The lowest BCUT2D eigenvalue weighted by molar-refractivity contribution is 0.122. The Morgan fingerprint density at radius 1 is 1.21 bits per heavy atom. The van der Waals surface area contributed by atoms with Crippen molar-refractivity contribution in [3.05, 3.63) is 53.5 Å². The minimum Gasteiger partial charge on any atom is -0.382 e. The second-order valence-corrected chi connectivity index (χ2v) is 6.40. The summed E-state index contributed by atoms with van der Waals surface area (Å²) in [5.41, 5.74) is 1.30. The number of carbonyl (C=O) groups excluding carboxylic acids is 1. The lowest BCUT2D eigenvalue weighted by Crippen LogP contribution is -2.39. The van der Waals surface area contributed by atoms with Gasteiger partial charge in [0, 0.05) is 44.5 Å². The molecule has 29 heavy (non-hydrogen) atoms. The van der Waals surface area contributed by atoms with Crippen LogP contribution >= 0.6 is 0 Å². The molecule has 3 N–H and O–H groups in total. The van der Waals surface area contributed by atoms with Crippen LogP contribution in [0.5, 0.6) is 0 Å². The Kier molecular flexibility index (Phi) is 7.19. The zero-order chi connectivity index (χ0) is 20.5. The largest absolute Gasteiger partial charge is 0.382 e. The van der Waals surface area contributed by atoms with E-state index in [2.05, 4.69) is 25.8 Å². The number of pyridine rings is 1. The maximum atomic E-state index is 13.6. The molecular formula is C20H23FN6O2. The monoisotopic (exact) mass is 398 g/mol. The fraction of sp³-hybridized carbons (Fsp3) is 0.350. The topological polar surface area (TPSA) is 102 Å². The van der Waals surface area contributed by atoms with Gasteiger partial charge in [-0.05, 0) is 18.2 Å². The molecule has 1 fully saturated rings. The van der Waals surface area contributed by atoms with Crippen molar-refractivity contribution >= 4 is 17.5 Å². The average molecular weight is 398 g/mol. The van der Waals surface area contributed by atoms with Gasteiger partial charge in [0.1, 0.15) is 23.3 Å². The van der Waals surface area contributed by atoms with E-state index in [0.29, 0.717) is 38.5 Å². The summed E-state index contributed by atoms with van der Waals surface area (Å²) in [5.74, 6) is 0.281. The van der Waals surface area contributed by atoms with Crippen molar-refractivity contribution in [2.75, 3.05) is 49.6 Å². The first-order valence-corrected chi connectivity index (χ1v) is 9.40. The Bertz CT molecular complexity index is 880. The number of hydrogen-bond donors (Lipinski definition) is 3. The Morgan fingerprint density at radius 3 is 2.83 bits per heavy atom. The summed E-state index contributed by atoms with van der Waals surface area (Å²) in [5, 5.41) is 17.5. The zero-order valence-electron chi connectivity index (χ0n) is 15.9. The molecule has 2 heterocycles. The molecule has 1 aliphatic heterocycles. The summed E-state index contributed by atoms with van der Waals surface area (Å²) < 4.78 is 18.9. The minimum atomic E-state index is -0.573. The number of benzene rings is 1. The first-order chi connectivity index (χ1) is 14.2. The molecule has 1 saturated heterocycles. The number of nitriles is 1. The van der Waals surface area contributed by atoms with Gasteiger partial charge >= 0.3 is 6.03 Å². The molecule has 0 saturated carbocycles. The zero-order valence-corrected chi connectivity index (χ0v) is 15.9. The molecule has 3 rings (SSSR count). The third-order valence-electron chi connectivity index (χ3n) is 4.47.